The third-order valence-electron chi connectivity index (χ3n) is 3.83. The fourth-order valence-electron chi connectivity index (χ4n) is 2.51. The van der Waals surface area contributed by atoms with Crippen molar-refractivity contribution >= 4 is 0 Å². The van der Waals surface area contributed by atoms with Crippen LogP contribution < -0.4 is 10.3 Å². The number of benzene rings is 2. The van der Waals surface area contributed by atoms with Gasteiger partial charge in [-0.05, 0) is 36.2 Å². The Hall–Kier alpha value is -2.88. The van der Waals surface area contributed by atoms with E-state index in [1.165, 1.54) is 4.68 Å². The summed E-state index contributed by atoms with van der Waals surface area (Å²) >= 11 is 0. The minimum Gasteiger partial charge on any atom is -0.496 e. The lowest BCUT2D eigenvalue weighted by Gasteiger charge is -2.11. The summed E-state index contributed by atoms with van der Waals surface area (Å²) in [5.41, 5.74) is 3.69. The summed E-state index contributed by atoms with van der Waals surface area (Å²) in [7, 11) is 1.63. The van der Waals surface area contributed by atoms with Gasteiger partial charge in [-0.3, -0.25) is 4.79 Å². The molecule has 0 bridgehead atoms. The molecule has 0 atom stereocenters. The molecule has 0 N–H and O–H groups in total. The van der Waals surface area contributed by atoms with Crippen molar-refractivity contribution in [1.29, 1.82) is 0 Å². The Bertz CT molecular complexity index is 884. The van der Waals surface area contributed by atoms with E-state index in [1.54, 1.807) is 19.2 Å². The van der Waals surface area contributed by atoms with Gasteiger partial charge in [-0.1, -0.05) is 36.4 Å². The van der Waals surface area contributed by atoms with Gasteiger partial charge in [0.25, 0.3) is 5.56 Å². The van der Waals surface area contributed by atoms with E-state index in [-0.39, 0.29) is 5.56 Å². The molecule has 3 rings (SSSR count). The van der Waals surface area contributed by atoms with Gasteiger partial charge in [0, 0.05) is 11.6 Å². The van der Waals surface area contributed by atoms with E-state index in [9.17, 15) is 4.79 Å². The van der Waals surface area contributed by atoms with E-state index in [2.05, 4.69) is 5.10 Å². The van der Waals surface area contributed by atoms with E-state index in [1.807, 2.05) is 55.5 Å². The Morgan fingerprint density at radius 2 is 1.74 bits per heavy atom. The number of aromatic nitrogens is 2. The molecule has 0 aliphatic carbocycles. The van der Waals surface area contributed by atoms with Crippen LogP contribution in [0.4, 0.5) is 0 Å². The third kappa shape index (κ3) is 3.16. The second-order valence-corrected chi connectivity index (χ2v) is 5.34. The first-order valence-electron chi connectivity index (χ1n) is 7.45. The minimum absolute atomic E-state index is 0.119. The minimum atomic E-state index is -0.119. The Morgan fingerprint density at radius 3 is 2.52 bits per heavy atom. The van der Waals surface area contributed by atoms with Gasteiger partial charge in [-0.25, -0.2) is 4.68 Å². The molecule has 0 aliphatic rings. The number of aryl methyl sites for hydroxylation is 1. The molecule has 0 radical (unpaired) electrons. The zero-order valence-corrected chi connectivity index (χ0v) is 13.2. The summed E-state index contributed by atoms with van der Waals surface area (Å²) in [6.07, 6.45) is 0. The fraction of sp³-hybridized carbons (Fsp3) is 0.158. The Balaban J connectivity index is 2.03. The Morgan fingerprint density at radius 1 is 1.00 bits per heavy atom. The van der Waals surface area contributed by atoms with Gasteiger partial charge in [0.2, 0.25) is 0 Å². The second-order valence-electron chi connectivity index (χ2n) is 5.34. The maximum Gasteiger partial charge on any atom is 0.267 e. The molecule has 0 saturated carbocycles. The molecule has 1 heterocycles. The van der Waals surface area contributed by atoms with Gasteiger partial charge >= 0.3 is 0 Å². The number of ether oxygens (including phenoxy) is 1. The average molecular weight is 306 g/mol. The number of methoxy groups -OCH3 is 1. The highest BCUT2D eigenvalue weighted by Crippen LogP contribution is 2.27. The molecule has 23 heavy (non-hydrogen) atoms. The summed E-state index contributed by atoms with van der Waals surface area (Å²) in [4.78, 5) is 12.1. The quantitative estimate of drug-likeness (QED) is 0.743. The predicted molar refractivity (Wildman–Crippen MR) is 90.8 cm³/mol. The summed E-state index contributed by atoms with van der Waals surface area (Å²) in [6, 6.07) is 18.9. The highest BCUT2D eigenvalue weighted by molar-refractivity contribution is 5.66. The molecule has 4 heteroatoms. The number of nitrogens with zero attached hydrogens (tertiary/aromatic N) is 2. The van der Waals surface area contributed by atoms with E-state index in [0.717, 1.165) is 28.1 Å². The van der Waals surface area contributed by atoms with Gasteiger partial charge in [0.15, 0.2) is 0 Å². The second kappa shape index (κ2) is 6.48. The molecule has 0 spiro atoms. The van der Waals surface area contributed by atoms with Crippen molar-refractivity contribution in [2.24, 2.45) is 0 Å². The molecule has 4 nitrogen and oxygen atoms in total. The van der Waals surface area contributed by atoms with Crippen molar-refractivity contribution < 1.29 is 4.74 Å². The maximum atomic E-state index is 12.1. The molecule has 0 unspecified atom stereocenters. The predicted octanol–water partition coefficient (Wildman–Crippen LogP) is 3.28. The molecular weight excluding hydrogens is 288 g/mol. The average Bonchev–Trinajstić information content (AvgIpc) is 2.59. The SMILES string of the molecule is COc1ccccc1-c1ccc(=O)n(Cc2ccccc2C)n1. The van der Waals surface area contributed by atoms with Crippen LogP contribution in [0.5, 0.6) is 5.75 Å². The first kappa shape index (κ1) is 15.0. The normalized spacial score (nSPS) is 10.5. The zero-order chi connectivity index (χ0) is 16.2. The lowest BCUT2D eigenvalue weighted by atomic mass is 10.1. The van der Waals surface area contributed by atoms with E-state index < -0.39 is 0 Å². The molecule has 0 fully saturated rings. The van der Waals surface area contributed by atoms with Crippen LogP contribution in [0.3, 0.4) is 0 Å². The standard InChI is InChI=1S/C19H18N2O2/c1-14-7-3-4-8-15(14)13-21-19(22)12-11-17(20-21)16-9-5-6-10-18(16)23-2/h3-12H,13H2,1-2H3. The lowest BCUT2D eigenvalue weighted by Crippen LogP contribution is -2.23. The third-order valence-corrected chi connectivity index (χ3v) is 3.83. The number of hydrogen-bond donors (Lipinski definition) is 0. The molecule has 2 aromatic carbocycles. The summed E-state index contributed by atoms with van der Waals surface area (Å²) in [5, 5.41) is 4.51. The van der Waals surface area contributed by atoms with Gasteiger partial charge in [-0.2, -0.15) is 5.10 Å². The van der Waals surface area contributed by atoms with Crippen LogP contribution in [0.2, 0.25) is 0 Å². The molecule has 1 aromatic heterocycles. The highest BCUT2D eigenvalue weighted by Gasteiger charge is 2.09. The summed E-state index contributed by atoms with van der Waals surface area (Å²) in [5.74, 6) is 0.737. The number of rotatable bonds is 4. The monoisotopic (exact) mass is 306 g/mol. The van der Waals surface area contributed by atoms with Crippen molar-refractivity contribution in [3.8, 4) is 17.0 Å². The lowest BCUT2D eigenvalue weighted by molar-refractivity contribution is 0.416. The Labute approximate surface area is 135 Å². The van der Waals surface area contributed by atoms with Crippen molar-refractivity contribution in [3.63, 3.8) is 0 Å². The molecule has 0 saturated heterocycles. The first-order chi connectivity index (χ1) is 11.2. The van der Waals surface area contributed by atoms with Crippen molar-refractivity contribution in [2.45, 2.75) is 13.5 Å². The number of hydrogen-bond acceptors (Lipinski definition) is 3. The Kier molecular flexibility index (Phi) is 4.24. The molecule has 0 aliphatic heterocycles. The van der Waals surface area contributed by atoms with Gasteiger partial charge in [0.05, 0.1) is 19.3 Å². The van der Waals surface area contributed by atoms with Crippen LogP contribution in [0.1, 0.15) is 11.1 Å². The fourth-order valence-corrected chi connectivity index (χ4v) is 2.51. The largest absolute Gasteiger partial charge is 0.496 e. The smallest absolute Gasteiger partial charge is 0.267 e. The molecular formula is C19H18N2O2. The first-order valence-corrected chi connectivity index (χ1v) is 7.45. The maximum absolute atomic E-state index is 12.1. The van der Waals surface area contributed by atoms with Crippen LogP contribution in [-0.4, -0.2) is 16.9 Å². The van der Waals surface area contributed by atoms with Gasteiger partial charge < -0.3 is 4.74 Å². The summed E-state index contributed by atoms with van der Waals surface area (Å²) < 4.78 is 6.87. The van der Waals surface area contributed by atoms with Crippen LogP contribution in [0, 0.1) is 6.92 Å². The van der Waals surface area contributed by atoms with E-state index in [0.29, 0.717) is 6.54 Å². The van der Waals surface area contributed by atoms with Crippen molar-refractivity contribution in [3.05, 3.63) is 82.1 Å². The van der Waals surface area contributed by atoms with Crippen molar-refractivity contribution in [1.82, 2.24) is 9.78 Å². The topological polar surface area (TPSA) is 44.1 Å². The summed E-state index contributed by atoms with van der Waals surface area (Å²) in [6.45, 7) is 2.49. The highest BCUT2D eigenvalue weighted by atomic mass is 16.5. The molecule has 3 aromatic rings. The molecule has 0 amide bonds. The van der Waals surface area contributed by atoms with Crippen molar-refractivity contribution in [2.75, 3.05) is 7.11 Å². The van der Waals surface area contributed by atoms with E-state index in [4.69, 9.17) is 4.74 Å². The number of para-hydroxylation sites is 1. The van der Waals surface area contributed by atoms with Crippen LogP contribution in [-0.2, 0) is 6.54 Å². The van der Waals surface area contributed by atoms with Crippen LogP contribution in [0.25, 0.3) is 11.3 Å². The van der Waals surface area contributed by atoms with Crippen LogP contribution >= 0.6 is 0 Å². The van der Waals surface area contributed by atoms with Gasteiger partial charge in [-0.15, -0.1) is 0 Å². The zero-order valence-electron chi connectivity index (χ0n) is 13.2. The van der Waals surface area contributed by atoms with E-state index >= 15 is 0 Å². The van der Waals surface area contributed by atoms with Crippen LogP contribution in [0.15, 0.2) is 65.5 Å². The van der Waals surface area contributed by atoms with Gasteiger partial charge in [0.1, 0.15) is 5.75 Å². The molecule has 116 valence electrons.